The number of rotatable bonds is 3. The normalized spacial score (nSPS) is 17.3. The summed E-state index contributed by atoms with van der Waals surface area (Å²) in [5.74, 6) is 0.174. The van der Waals surface area contributed by atoms with Gasteiger partial charge in [0, 0.05) is 44.1 Å². The first-order chi connectivity index (χ1) is 7.77. The van der Waals surface area contributed by atoms with Gasteiger partial charge < -0.3 is 5.32 Å². The molecule has 4 heteroatoms. The third-order valence-electron chi connectivity index (χ3n) is 2.92. The van der Waals surface area contributed by atoms with Crippen molar-refractivity contribution in [3.63, 3.8) is 0 Å². The minimum Gasteiger partial charge on any atom is -0.314 e. The Morgan fingerprint density at radius 1 is 1.50 bits per heavy atom. The molecule has 0 spiro atoms. The number of nitrogens with one attached hydrogen (secondary N) is 1. The summed E-state index contributed by atoms with van der Waals surface area (Å²) < 4.78 is 0. The molecule has 16 heavy (non-hydrogen) atoms. The number of hydrogen-bond acceptors (Lipinski definition) is 4. The molecule has 0 radical (unpaired) electrons. The second kappa shape index (κ2) is 5.18. The van der Waals surface area contributed by atoms with Crippen molar-refractivity contribution in [3.05, 3.63) is 29.6 Å². The molecule has 1 saturated heterocycles. The summed E-state index contributed by atoms with van der Waals surface area (Å²) in [6.07, 6.45) is 3.39. The van der Waals surface area contributed by atoms with E-state index in [9.17, 15) is 4.79 Å². The molecular formula is C12H17N3O. The molecule has 86 valence electrons. The van der Waals surface area contributed by atoms with E-state index in [0.717, 1.165) is 37.3 Å². The highest BCUT2D eigenvalue weighted by Gasteiger charge is 2.15. The highest BCUT2D eigenvalue weighted by atomic mass is 16.1. The van der Waals surface area contributed by atoms with E-state index in [1.54, 1.807) is 12.4 Å². The van der Waals surface area contributed by atoms with Crippen LogP contribution in [0.15, 0.2) is 18.5 Å². The summed E-state index contributed by atoms with van der Waals surface area (Å²) >= 11 is 0. The first-order valence-electron chi connectivity index (χ1n) is 5.64. The lowest BCUT2D eigenvalue weighted by Gasteiger charge is -2.26. The van der Waals surface area contributed by atoms with Crippen molar-refractivity contribution in [3.8, 4) is 0 Å². The summed E-state index contributed by atoms with van der Waals surface area (Å²) in [5, 5.41) is 3.27. The third kappa shape index (κ3) is 2.65. The van der Waals surface area contributed by atoms with Crippen LogP contribution in [-0.2, 0) is 0 Å². The van der Waals surface area contributed by atoms with Crippen LogP contribution in [0.2, 0.25) is 0 Å². The van der Waals surface area contributed by atoms with E-state index in [1.807, 2.05) is 13.0 Å². The summed E-state index contributed by atoms with van der Waals surface area (Å²) in [5.41, 5.74) is 1.76. The molecule has 0 amide bonds. The molecule has 1 aliphatic heterocycles. The molecule has 0 atom stereocenters. The smallest absolute Gasteiger partial charge is 0.178 e. The van der Waals surface area contributed by atoms with Crippen LogP contribution in [0.4, 0.5) is 0 Å². The number of hydrogen-bond donors (Lipinski definition) is 1. The Morgan fingerprint density at radius 3 is 2.94 bits per heavy atom. The van der Waals surface area contributed by atoms with Crippen molar-refractivity contribution >= 4 is 5.78 Å². The molecule has 4 nitrogen and oxygen atoms in total. The lowest BCUT2D eigenvalue weighted by molar-refractivity contribution is 0.0920. The van der Waals surface area contributed by atoms with E-state index in [2.05, 4.69) is 15.2 Å². The number of carbonyl (C=O) groups is 1. The van der Waals surface area contributed by atoms with Crippen molar-refractivity contribution in [1.82, 2.24) is 15.2 Å². The van der Waals surface area contributed by atoms with Crippen LogP contribution in [-0.4, -0.2) is 48.4 Å². The van der Waals surface area contributed by atoms with Crippen LogP contribution in [0, 0.1) is 6.92 Å². The molecule has 1 aromatic heterocycles. The van der Waals surface area contributed by atoms with Gasteiger partial charge in [0.15, 0.2) is 5.78 Å². The van der Waals surface area contributed by atoms with E-state index in [4.69, 9.17) is 0 Å². The lowest BCUT2D eigenvalue weighted by Crippen LogP contribution is -2.45. The van der Waals surface area contributed by atoms with Crippen molar-refractivity contribution < 1.29 is 4.79 Å². The number of aryl methyl sites for hydroxylation is 1. The molecular weight excluding hydrogens is 202 g/mol. The van der Waals surface area contributed by atoms with E-state index >= 15 is 0 Å². The molecule has 2 heterocycles. The van der Waals surface area contributed by atoms with Gasteiger partial charge in [0.05, 0.1) is 6.54 Å². The molecule has 0 saturated carbocycles. The Kier molecular flexibility index (Phi) is 3.64. The number of ketones is 1. The lowest BCUT2D eigenvalue weighted by atomic mass is 10.1. The highest BCUT2D eigenvalue weighted by molar-refractivity contribution is 5.98. The predicted octanol–water partition coefficient (Wildman–Crippen LogP) is 0.478. The minimum absolute atomic E-state index is 0.174. The van der Waals surface area contributed by atoms with Gasteiger partial charge in [0.2, 0.25) is 0 Å². The van der Waals surface area contributed by atoms with Crippen molar-refractivity contribution in [1.29, 1.82) is 0 Å². The molecule has 0 bridgehead atoms. The maximum Gasteiger partial charge on any atom is 0.178 e. The van der Waals surface area contributed by atoms with Gasteiger partial charge in [0.1, 0.15) is 0 Å². The number of pyridine rings is 1. The van der Waals surface area contributed by atoms with Gasteiger partial charge >= 0.3 is 0 Å². The predicted molar refractivity (Wildman–Crippen MR) is 62.6 cm³/mol. The first kappa shape index (κ1) is 11.2. The largest absolute Gasteiger partial charge is 0.314 e. The van der Waals surface area contributed by atoms with Crippen LogP contribution >= 0.6 is 0 Å². The Balaban J connectivity index is 2.00. The van der Waals surface area contributed by atoms with Gasteiger partial charge in [-0.3, -0.25) is 14.7 Å². The minimum atomic E-state index is 0.174. The van der Waals surface area contributed by atoms with Gasteiger partial charge in [-0.2, -0.15) is 0 Å². The summed E-state index contributed by atoms with van der Waals surface area (Å²) in [6, 6.07) is 1.88. The summed E-state index contributed by atoms with van der Waals surface area (Å²) in [6.45, 7) is 6.30. The maximum absolute atomic E-state index is 12.0. The standard InChI is InChI=1S/C12H17N3O/c1-10-2-3-14-8-11(10)12(16)9-15-6-4-13-5-7-15/h2-3,8,13H,4-7,9H2,1H3. The maximum atomic E-state index is 12.0. The molecule has 0 unspecified atom stereocenters. The Hall–Kier alpha value is -1.26. The number of piperazine rings is 1. The molecule has 1 aromatic rings. The summed E-state index contributed by atoms with van der Waals surface area (Å²) in [7, 11) is 0. The zero-order valence-corrected chi connectivity index (χ0v) is 9.57. The second-order valence-corrected chi connectivity index (χ2v) is 4.14. The zero-order chi connectivity index (χ0) is 11.4. The van der Waals surface area contributed by atoms with Crippen LogP contribution < -0.4 is 5.32 Å². The molecule has 0 aromatic carbocycles. The van der Waals surface area contributed by atoms with E-state index in [1.165, 1.54) is 0 Å². The highest BCUT2D eigenvalue weighted by Crippen LogP contribution is 2.07. The first-order valence-corrected chi connectivity index (χ1v) is 5.64. The fourth-order valence-corrected chi connectivity index (χ4v) is 1.91. The van der Waals surface area contributed by atoms with Crippen molar-refractivity contribution in [2.75, 3.05) is 32.7 Å². The van der Waals surface area contributed by atoms with Gasteiger partial charge in [0.25, 0.3) is 0 Å². The third-order valence-corrected chi connectivity index (χ3v) is 2.92. The van der Waals surface area contributed by atoms with Crippen molar-refractivity contribution in [2.45, 2.75) is 6.92 Å². The Bertz CT molecular complexity index is 372. The number of aromatic nitrogens is 1. The quantitative estimate of drug-likeness (QED) is 0.751. The number of carbonyl (C=O) groups excluding carboxylic acids is 1. The van der Waals surface area contributed by atoms with Crippen LogP contribution in [0.5, 0.6) is 0 Å². The van der Waals surface area contributed by atoms with Crippen molar-refractivity contribution in [2.24, 2.45) is 0 Å². The van der Waals surface area contributed by atoms with Crippen LogP contribution in [0.1, 0.15) is 15.9 Å². The second-order valence-electron chi connectivity index (χ2n) is 4.14. The monoisotopic (exact) mass is 219 g/mol. The average Bonchev–Trinajstić information content (AvgIpc) is 2.31. The molecule has 2 rings (SSSR count). The average molecular weight is 219 g/mol. The van der Waals surface area contributed by atoms with E-state index < -0.39 is 0 Å². The summed E-state index contributed by atoms with van der Waals surface area (Å²) in [4.78, 5) is 18.2. The topological polar surface area (TPSA) is 45.2 Å². The Morgan fingerprint density at radius 2 is 2.25 bits per heavy atom. The fraction of sp³-hybridized carbons (Fsp3) is 0.500. The van der Waals surface area contributed by atoms with Gasteiger partial charge in [-0.05, 0) is 18.6 Å². The van der Waals surface area contributed by atoms with Gasteiger partial charge in [-0.1, -0.05) is 0 Å². The van der Waals surface area contributed by atoms with Gasteiger partial charge in [-0.25, -0.2) is 0 Å². The fourth-order valence-electron chi connectivity index (χ4n) is 1.91. The zero-order valence-electron chi connectivity index (χ0n) is 9.57. The van der Waals surface area contributed by atoms with Crippen LogP contribution in [0.3, 0.4) is 0 Å². The van der Waals surface area contributed by atoms with Crippen LogP contribution in [0.25, 0.3) is 0 Å². The number of Topliss-reactive ketones (excluding diaryl/α,β-unsaturated/α-hetero) is 1. The van der Waals surface area contributed by atoms with E-state index in [-0.39, 0.29) is 5.78 Å². The Labute approximate surface area is 95.7 Å². The molecule has 1 fully saturated rings. The SMILES string of the molecule is Cc1ccncc1C(=O)CN1CCNCC1. The van der Waals surface area contributed by atoms with Gasteiger partial charge in [-0.15, -0.1) is 0 Å². The molecule has 1 aliphatic rings. The van der Waals surface area contributed by atoms with E-state index in [0.29, 0.717) is 6.54 Å². The number of nitrogens with zero attached hydrogens (tertiary/aromatic N) is 2. The molecule has 1 N–H and O–H groups in total. The molecule has 0 aliphatic carbocycles.